The molecule has 0 radical (unpaired) electrons. The van der Waals surface area contributed by atoms with Gasteiger partial charge in [0.05, 0.1) is 22.2 Å². The number of fused-ring (bicyclic) bond motifs is 10. The number of hydrogen-bond acceptors (Lipinski definition) is 2. The summed E-state index contributed by atoms with van der Waals surface area (Å²) in [5.74, 6) is 0.675. The second kappa shape index (κ2) is 9.97. The first-order chi connectivity index (χ1) is 23.6. The highest BCUT2D eigenvalue weighted by Gasteiger charge is 2.36. The summed E-state index contributed by atoms with van der Waals surface area (Å²) in [4.78, 5) is 10.7. The molecule has 0 N–H and O–H groups in total. The molecule has 226 valence electrons. The Labute approximate surface area is 278 Å². The van der Waals surface area contributed by atoms with Crippen LogP contribution in [-0.4, -0.2) is 14.5 Å². The Hall–Kier alpha value is -6.06. The largest absolute Gasteiger partial charge is 0.277 e. The van der Waals surface area contributed by atoms with Crippen molar-refractivity contribution in [3.8, 4) is 39.5 Å². The molecular weight excluding hydrogens is 583 g/mol. The van der Waals surface area contributed by atoms with Crippen LogP contribution in [0, 0.1) is 0 Å². The van der Waals surface area contributed by atoms with E-state index in [1.54, 1.807) is 0 Å². The standard InChI is InChI=1S/C45H31N3/c1-45(2)37-20-9-6-18-35(37)41-32-23-24-33-31-17-8-11-22-40(31)48(43(33)34(32)25-26-38(41)45)44-46-39-21-10-7-19-36(39)42(47-44)30-16-12-15-29(27-30)28-13-4-3-5-14-28/h3-27H,1-2H3. The Morgan fingerprint density at radius 2 is 1.15 bits per heavy atom. The van der Waals surface area contributed by atoms with E-state index in [2.05, 4.69) is 170 Å². The lowest BCUT2D eigenvalue weighted by atomic mass is 9.82. The van der Waals surface area contributed by atoms with Crippen LogP contribution in [0.5, 0.6) is 0 Å². The predicted molar refractivity (Wildman–Crippen MR) is 200 cm³/mol. The van der Waals surface area contributed by atoms with Crippen LogP contribution >= 0.6 is 0 Å². The number of aromatic nitrogens is 3. The third-order valence-electron chi connectivity index (χ3n) is 10.4. The van der Waals surface area contributed by atoms with Crippen LogP contribution in [0.3, 0.4) is 0 Å². The zero-order valence-electron chi connectivity index (χ0n) is 26.8. The highest BCUT2D eigenvalue weighted by atomic mass is 15.2. The third kappa shape index (κ3) is 3.76. The smallest absolute Gasteiger partial charge is 0.235 e. The van der Waals surface area contributed by atoms with Gasteiger partial charge in [0.25, 0.3) is 0 Å². The fourth-order valence-electron chi connectivity index (χ4n) is 8.14. The highest BCUT2D eigenvalue weighted by Crippen LogP contribution is 2.52. The maximum Gasteiger partial charge on any atom is 0.235 e. The molecule has 0 saturated heterocycles. The lowest BCUT2D eigenvalue weighted by Gasteiger charge is -2.21. The Morgan fingerprint density at radius 3 is 2.04 bits per heavy atom. The van der Waals surface area contributed by atoms with Crippen LogP contribution in [0.15, 0.2) is 152 Å². The molecule has 0 fully saturated rings. The van der Waals surface area contributed by atoms with Crippen LogP contribution in [0.2, 0.25) is 0 Å². The van der Waals surface area contributed by atoms with Crippen molar-refractivity contribution in [3.63, 3.8) is 0 Å². The summed E-state index contributed by atoms with van der Waals surface area (Å²) in [5, 5.41) is 5.90. The molecule has 0 saturated carbocycles. The number of rotatable bonds is 3. The fourth-order valence-corrected chi connectivity index (χ4v) is 8.14. The minimum absolute atomic E-state index is 0.0631. The SMILES string of the molecule is CC1(C)c2ccccc2-c2c1ccc1c2ccc2c3ccccc3n(-c3nc(-c4cccc(-c5ccccc5)c4)c4ccccc4n3)c12. The molecular formula is C45H31N3. The van der Waals surface area contributed by atoms with Crippen LogP contribution in [-0.2, 0) is 5.41 Å². The van der Waals surface area contributed by atoms with Gasteiger partial charge in [-0.2, -0.15) is 0 Å². The lowest BCUT2D eigenvalue weighted by molar-refractivity contribution is 0.661. The summed E-state index contributed by atoms with van der Waals surface area (Å²) >= 11 is 0. The summed E-state index contributed by atoms with van der Waals surface area (Å²) in [5.41, 5.74) is 12.9. The van der Waals surface area contributed by atoms with E-state index in [1.807, 2.05) is 0 Å². The van der Waals surface area contributed by atoms with E-state index in [9.17, 15) is 0 Å². The van der Waals surface area contributed by atoms with Gasteiger partial charge < -0.3 is 0 Å². The molecule has 1 aliphatic rings. The van der Waals surface area contributed by atoms with Gasteiger partial charge in [-0.1, -0.05) is 147 Å². The van der Waals surface area contributed by atoms with Crippen molar-refractivity contribution in [2.75, 3.05) is 0 Å². The normalized spacial score (nSPS) is 13.4. The Bertz CT molecular complexity index is 2750. The molecule has 0 spiro atoms. The molecule has 9 aromatic rings. The Morgan fingerprint density at radius 1 is 0.479 bits per heavy atom. The minimum Gasteiger partial charge on any atom is -0.277 e. The average Bonchev–Trinajstić information content (AvgIpc) is 3.61. The van der Waals surface area contributed by atoms with E-state index < -0.39 is 0 Å². The van der Waals surface area contributed by atoms with Gasteiger partial charge in [0.15, 0.2) is 0 Å². The molecule has 3 heteroatoms. The topological polar surface area (TPSA) is 30.7 Å². The predicted octanol–water partition coefficient (Wildman–Crippen LogP) is 11.5. The molecule has 7 aromatic carbocycles. The van der Waals surface area contributed by atoms with Crippen molar-refractivity contribution < 1.29 is 0 Å². The van der Waals surface area contributed by atoms with Crippen molar-refractivity contribution in [2.45, 2.75) is 19.3 Å². The van der Waals surface area contributed by atoms with E-state index in [0.717, 1.165) is 38.8 Å². The molecule has 0 unspecified atom stereocenters. The Kier molecular flexibility index (Phi) is 5.63. The first-order valence-electron chi connectivity index (χ1n) is 16.6. The van der Waals surface area contributed by atoms with Crippen LogP contribution in [0.1, 0.15) is 25.0 Å². The van der Waals surface area contributed by atoms with Gasteiger partial charge in [0.2, 0.25) is 5.95 Å². The van der Waals surface area contributed by atoms with Crippen LogP contribution in [0.4, 0.5) is 0 Å². The van der Waals surface area contributed by atoms with Gasteiger partial charge >= 0.3 is 0 Å². The van der Waals surface area contributed by atoms with Gasteiger partial charge in [0.1, 0.15) is 0 Å². The second-order valence-electron chi connectivity index (χ2n) is 13.4. The maximum absolute atomic E-state index is 5.44. The third-order valence-corrected chi connectivity index (χ3v) is 10.4. The number of benzene rings is 7. The molecule has 0 bridgehead atoms. The van der Waals surface area contributed by atoms with E-state index in [1.165, 1.54) is 49.4 Å². The molecule has 10 rings (SSSR count). The van der Waals surface area contributed by atoms with E-state index in [4.69, 9.17) is 9.97 Å². The van der Waals surface area contributed by atoms with E-state index >= 15 is 0 Å². The van der Waals surface area contributed by atoms with Crippen LogP contribution < -0.4 is 0 Å². The maximum atomic E-state index is 5.44. The molecule has 0 aliphatic heterocycles. The summed E-state index contributed by atoms with van der Waals surface area (Å²) < 4.78 is 2.29. The highest BCUT2D eigenvalue weighted by molar-refractivity contribution is 6.21. The molecule has 3 nitrogen and oxygen atoms in total. The van der Waals surface area contributed by atoms with Gasteiger partial charge in [0, 0.05) is 32.5 Å². The molecule has 2 aromatic heterocycles. The fraction of sp³-hybridized carbons (Fsp3) is 0.0667. The zero-order valence-corrected chi connectivity index (χ0v) is 26.8. The van der Waals surface area contributed by atoms with E-state index in [-0.39, 0.29) is 5.41 Å². The molecule has 1 aliphatic carbocycles. The number of hydrogen-bond donors (Lipinski definition) is 0. The van der Waals surface area contributed by atoms with Gasteiger partial charge in [-0.25, -0.2) is 9.97 Å². The molecule has 0 amide bonds. The van der Waals surface area contributed by atoms with Crippen LogP contribution in [0.25, 0.3) is 82.9 Å². The lowest BCUT2D eigenvalue weighted by Crippen LogP contribution is -2.14. The summed E-state index contributed by atoms with van der Waals surface area (Å²) in [6, 6.07) is 54.5. The second-order valence-corrected chi connectivity index (χ2v) is 13.4. The average molecular weight is 614 g/mol. The van der Waals surface area contributed by atoms with Crippen molar-refractivity contribution >= 4 is 43.5 Å². The zero-order chi connectivity index (χ0) is 32.0. The molecule has 48 heavy (non-hydrogen) atoms. The van der Waals surface area contributed by atoms with E-state index in [0.29, 0.717) is 5.95 Å². The van der Waals surface area contributed by atoms with Crippen molar-refractivity contribution in [1.82, 2.24) is 14.5 Å². The number of nitrogens with zero attached hydrogens (tertiary/aromatic N) is 3. The quantitative estimate of drug-likeness (QED) is 0.198. The first-order valence-corrected chi connectivity index (χ1v) is 16.6. The molecule has 2 heterocycles. The molecule has 0 atom stereocenters. The van der Waals surface area contributed by atoms with Crippen molar-refractivity contribution in [2.24, 2.45) is 0 Å². The first kappa shape index (κ1) is 27.1. The summed E-state index contributed by atoms with van der Waals surface area (Å²) in [6.07, 6.45) is 0. The number of para-hydroxylation sites is 2. The minimum atomic E-state index is -0.0631. The van der Waals surface area contributed by atoms with Gasteiger partial charge in [-0.3, -0.25) is 4.57 Å². The van der Waals surface area contributed by atoms with Crippen molar-refractivity contribution in [3.05, 3.63) is 163 Å². The summed E-state index contributed by atoms with van der Waals surface area (Å²) in [6.45, 7) is 4.69. The van der Waals surface area contributed by atoms with Gasteiger partial charge in [-0.15, -0.1) is 0 Å². The van der Waals surface area contributed by atoms with Crippen molar-refractivity contribution in [1.29, 1.82) is 0 Å². The summed E-state index contributed by atoms with van der Waals surface area (Å²) in [7, 11) is 0. The van der Waals surface area contributed by atoms with Gasteiger partial charge in [-0.05, 0) is 57.0 Å². The monoisotopic (exact) mass is 613 g/mol. The Balaban J connectivity index is 1.29.